The van der Waals surface area contributed by atoms with Crippen molar-refractivity contribution >= 4 is 0 Å². The van der Waals surface area contributed by atoms with E-state index < -0.39 is 11.8 Å². The topological polar surface area (TPSA) is 0 Å². The molecule has 0 unspecified atom stereocenters. The van der Waals surface area contributed by atoms with Gasteiger partial charge in [0.05, 0.1) is 0 Å². The van der Waals surface area contributed by atoms with Crippen LogP contribution in [-0.4, -0.2) is 6.43 Å². The van der Waals surface area contributed by atoms with E-state index in [9.17, 15) is 8.78 Å². The quantitative estimate of drug-likeness (QED) is 0.571. The monoisotopic (exact) mass is 174 g/mol. The maximum Gasteiger partial charge on any atom is 0.244 e. The normalized spacial score (nSPS) is 45.5. The van der Waals surface area contributed by atoms with Crippen molar-refractivity contribution in [3.63, 3.8) is 0 Å². The average molecular weight is 174 g/mol. The summed E-state index contributed by atoms with van der Waals surface area (Å²) in [6.07, 6.45) is 0.213. The third-order valence-electron chi connectivity index (χ3n) is 4.13. The largest absolute Gasteiger partial charge is 0.244 e. The Morgan fingerprint density at radius 3 is 1.75 bits per heavy atom. The van der Waals surface area contributed by atoms with Crippen LogP contribution in [0.3, 0.4) is 0 Å². The van der Waals surface area contributed by atoms with Gasteiger partial charge in [-0.3, -0.25) is 0 Å². The predicted octanol–water partition coefficient (Wildman–Crippen LogP) is 3.47. The highest BCUT2D eigenvalue weighted by molar-refractivity contribution is 5.21. The third-order valence-corrected chi connectivity index (χ3v) is 4.13. The van der Waals surface area contributed by atoms with Gasteiger partial charge in [-0.15, -0.1) is 0 Å². The lowest BCUT2D eigenvalue weighted by molar-refractivity contribution is -0.306. The molecule has 12 heavy (non-hydrogen) atoms. The van der Waals surface area contributed by atoms with E-state index in [2.05, 4.69) is 20.8 Å². The molecular formula is C10H16F2. The van der Waals surface area contributed by atoms with E-state index in [0.717, 1.165) is 19.3 Å². The van der Waals surface area contributed by atoms with Crippen LogP contribution in [0.2, 0.25) is 0 Å². The second-order valence-corrected chi connectivity index (χ2v) is 5.72. The first-order valence-corrected chi connectivity index (χ1v) is 4.60. The summed E-state index contributed by atoms with van der Waals surface area (Å²) in [6.45, 7) is 6.50. The fourth-order valence-corrected chi connectivity index (χ4v) is 2.89. The van der Waals surface area contributed by atoms with Crippen molar-refractivity contribution in [2.45, 2.75) is 46.5 Å². The number of hydrogen-bond acceptors (Lipinski definition) is 0. The Bertz CT molecular complexity index is 193. The Labute approximate surface area is 72.3 Å². The second-order valence-electron chi connectivity index (χ2n) is 5.72. The summed E-state index contributed by atoms with van der Waals surface area (Å²) in [5.41, 5.74) is -0.0552. The molecule has 0 saturated heterocycles. The number of halogens is 2. The minimum Gasteiger partial charge on any atom is -0.210 e. The first-order valence-electron chi connectivity index (χ1n) is 4.60. The minimum absolute atomic E-state index is 0.226. The van der Waals surface area contributed by atoms with Crippen molar-refractivity contribution in [3.8, 4) is 0 Å². The first-order chi connectivity index (χ1) is 5.31. The Kier molecular flexibility index (Phi) is 1.31. The van der Waals surface area contributed by atoms with E-state index >= 15 is 0 Å². The van der Waals surface area contributed by atoms with Gasteiger partial charge in [0.25, 0.3) is 0 Å². The smallest absolute Gasteiger partial charge is 0.210 e. The Morgan fingerprint density at radius 2 is 1.50 bits per heavy atom. The van der Waals surface area contributed by atoms with E-state index in [1.54, 1.807) is 0 Å². The lowest BCUT2D eigenvalue weighted by Gasteiger charge is -2.75. The summed E-state index contributed by atoms with van der Waals surface area (Å²) >= 11 is 0. The van der Waals surface area contributed by atoms with E-state index in [1.165, 1.54) is 0 Å². The molecule has 0 aromatic rings. The molecule has 2 bridgehead atoms. The van der Waals surface area contributed by atoms with Gasteiger partial charge in [0.2, 0.25) is 6.43 Å². The van der Waals surface area contributed by atoms with Crippen molar-refractivity contribution < 1.29 is 8.78 Å². The fourth-order valence-electron chi connectivity index (χ4n) is 2.89. The van der Waals surface area contributed by atoms with Crippen LogP contribution in [0.1, 0.15) is 40.0 Å². The molecule has 3 aliphatic carbocycles. The van der Waals surface area contributed by atoms with Crippen LogP contribution in [-0.2, 0) is 0 Å². The molecule has 3 fully saturated rings. The number of alkyl halides is 2. The van der Waals surface area contributed by atoms with Gasteiger partial charge in [0.1, 0.15) is 0 Å². The van der Waals surface area contributed by atoms with Gasteiger partial charge in [-0.2, -0.15) is 0 Å². The van der Waals surface area contributed by atoms with Crippen LogP contribution in [0, 0.1) is 16.2 Å². The van der Waals surface area contributed by atoms with Gasteiger partial charge < -0.3 is 0 Å². The van der Waals surface area contributed by atoms with Gasteiger partial charge in [-0.1, -0.05) is 20.8 Å². The predicted molar refractivity (Wildman–Crippen MR) is 44.2 cm³/mol. The molecule has 0 aromatic heterocycles. The molecule has 2 heteroatoms. The maximum absolute atomic E-state index is 12.5. The molecule has 0 nitrogen and oxygen atoms in total. The summed E-state index contributed by atoms with van der Waals surface area (Å²) in [4.78, 5) is 0. The summed E-state index contributed by atoms with van der Waals surface area (Å²) in [6, 6.07) is 0. The highest BCUT2D eigenvalue weighted by Gasteiger charge is 2.74. The zero-order valence-corrected chi connectivity index (χ0v) is 7.95. The molecular weight excluding hydrogens is 158 g/mol. The van der Waals surface area contributed by atoms with E-state index in [1.807, 2.05) is 0 Å². The molecule has 3 aliphatic rings. The summed E-state index contributed by atoms with van der Waals surface area (Å²) < 4.78 is 24.9. The van der Waals surface area contributed by atoms with Crippen molar-refractivity contribution in [1.82, 2.24) is 0 Å². The molecule has 0 atom stereocenters. The first kappa shape index (κ1) is 8.46. The van der Waals surface area contributed by atoms with Crippen molar-refractivity contribution in [2.75, 3.05) is 0 Å². The van der Waals surface area contributed by atoms with Gasteiger partial charge in [0.15, 0.2) is 0 Å². The zero-order chi connectivity index (χ0) is 9.20. The van der Waals surface area contributed by atoms with Crippen molar-refractivity contribution in [1.29, 1.82) is 0 Å². The lowest BCUT2D eigenvalue weighted by Crippen LogP contribution is -2.69. The van der Waals surface area contributed by atoms with Crippen LogP contribution >= 0.6 is 0 Å². The van der Waals surface area contributed by atoms with E-state index in [-0.39, 0.29) is 10.8 Å². The van der Waals surface area contributed by atoms with Crippen LogP contribution in [0.25, 0.3) is 0 Å². The summed E-state index contributed by atoms with van der Waals surface area (Å²) in [7, 11) is 0. The minimum atomic E-state index is -2.08. The van der Waals surface area contributed by atoms with Gasteiger partial charge in [-0.05, 0) is 30.1 Å². The average Bonchev–Trinajstić information content (AvgIpc) is 1.46. The highest BCUT2D eigenvalue weighted by Crippen LogP contribution is 2.80. The van der Waals surface area contributed by atoms with Gasteiger partial charge >= 0.3 is 0 Å². The molecule has 0 N–H and O–H groups in total. The number of hydrogen-bond donors (Lipinski definition) is 0. The standard InChI is InChI=1S/C10H16F2/c1-8(2,3)10-4-9(5-10,6-10)7(11)12/h7H,4-6H2,1-3H3. The molecule has 0 heterocycles. The molecule has 0 aliphatic heterocycles. The summed E-state index contributed by atoms with van der Waals surface area (Å²) in [5.74, 6) is 0. The zero-order valence-electron chi connectivity index (χ0n) is 7.95. The van der Waals surface area contributed by atoms with Gasteiger partial charge in [-0.25, -0.2) is 8.78 Å². The van der Waals surface area contributed by atoms with Crippen LogP contribution in [0.15, 0.2) is 0 Å². The van der Waals surface area contributed by atoms with E-state index in [4.69, 9.17) is 0 Å². The Morgan fingerprint density at radius 1 is 1.08 bits per heavy atom. The lowest BCUT2D eigenvalue weighted by atomic mass is 9.29. The molecule has 0 amide bonds. The molecule has 3 rings (SSSR count). The Balaban J connectivity index is 2.05. The third kappa shape index (κ3) is 0.717. The molecule has 0 aromatic carbocycles. The Hall–Kier alpha value is -0.140. The van der Waals surface area contributed by atoms with Gasteiger partial charge in [0, 0.05) is 5.41 Å². The molecule has 0 spiro atoms. The highest BCUT2D eigenvalue weighted by atomic mass is 19.3. The van der Waals surface area contributed by atoms with Crippen LogP contribution in [0.4, 0.5) is 8.78 Å². The molecule has 3 saturated carbocycles. The molecule has 0 radical (unpaired) electrons. The van der Waals surface area contributed by atoms with Crippen LogP contribution < -0.4 is 0 Å². The fraction of sp³-hybridized carbons (Fsp3) is 1.00. The second kappa shape index (κ2) is 1.85. The number of rotatable bonds is 1. The SMILES string of the molecule is CC(C)(C)C12CC(C(F)F)(C1)C2. The van der Waals surface area contributed by atoms with Crippen molar-refractivity contribution in [3.05, 3.63) is 0 Å². The van der Waals surface area contributed by atoms with E-state index in [0.29, 0.717) is 0 Å². The van der Waals surface area contributed by atoms with Crippen LogP contribution in [0.5, 0.6) is 0 Å². The van der Waals surface area contributed by atoms with Crippen molar-refractivity contribution in [2.24, 2.45) is 16.2 Å². The maximum atomic E-state index is 12.5. The summed E-state index contributed by atoms with van der Waals surface area (Å²) in [5, 5.41) is 0. The molecule has 70 valence electrons.